The second-order valence-corrected chi connectivity index (χ2v) is 7.75. The molecule has 0 aliphatic carbocycles. The molecule has 0 saturated heterocycles. The summed E-state index contributed by atoms with van der Waals surface area (Å²) in [5.41, 5.74) is 4.42. The van der Waals surface area contributed by atoms with E-state index >= 15 is 0 Å². The van der Waals surface area contributed by atoms with Gasteiger partial charge in [0, 0.05) is 24.1 Å². The van der Waals surface area contributed by atoms with E-state index < -0.39 is 0 Å². The summed E-state index contributed by atoms with van der Waals surface area (Å²) in [7, 11) is 1.67. The summed E-state index contributed by atoms with van der Waals surface area (Å²) in [5.74, 6) is 1.54. The maximum atomic E-state index is 11.6. The number of carbonyl (C=O) groups is 1. The van der Waals surface area contributed by atoms with Crippen molar-refractivity contribution >= 4 is 11.4 Å². The van der Waals surface area contributed by atoms with Crippen molar-refractivity contribution < 1.29 is 9.53 Å². The van der Waals surface area contributed by atoms with Gasteiger partial charge < -0.3 is 4.74 Å². The van der Waals surface area contributed by atoms with Gasteiger partial charge in [-0.1, -0.05) is 69.7 Å². The summed E-state index contributed by atoms with van der Waals surface area (Å²) >= 11 is 0. The number of rotatable bonds is 11. The third-order valence-electron chi connectivity index (χ3n) is 5.07. The van der Waals surface area contributed by atoms with Crippen molar-refractivity contribution in [3.05, 3.63) is 77.7 Å². The minimum Gasteiger partial charge on any atom is -0.497 e. The number of nitrogens with zero attached hydrogens (tertiary/aromatic N) is 1. The van der Waals surface area contributed by atoms with Gasteiger partial charge in [0.1, 0.15) is 11.5 Å². The zero-order chi connectivity index (χ0) is 23.8. The van der Waals surface area contributed by atoms with Crippen LogP contribution in [-0.4, -0.2) is 23.1 Å². The quantitative estimate of drug-likeness (QED) is 0.369. The number of allylic oxidation sites excluding steroid dienone is 6. The first-order valence-electron chi connectivity index (χ1n) is 11.7. The van der Waals surface area contributed by atoms with E-state index in [1.165, 1.54) is 5.56 Å². The standard InChI is InChI=1S/C15H22O2.C13H18N2/c1-4-7-12(10-14(16)5-2)13-8-6-9-15(11-13)17-3;1-4-6-7-9-12(8-5-2)13-10-11(3)14-15-13/h6,8-9,11-12H,4-5,7,10H2,1-3H3;5-10H,4H2,1-3H3,(H,14,15)/b;7-6+,8-5-,12-9+. The average Bonchev–Trinajstić information content (AvgIpc) is 3.24. The molecule has 4 nitrogen and oxygen atoms in total. The van der Waals surface area contributed by atoms with Gasteiger partial charge in [0.25, 0.3) is 0 Å². The van der Waals surface area contributed by atoms with Crippen LogP contribution in [0.5, 0.6) is 5.75 Å². The number of hydrogen-bond donors (Lipinski definition) is 1. The van der Waals surface area contributed by atoms with Crippen molar-refractivity contribution in [3.8, 4) is 5.75 Å². The molecular weight excluding hydrogens is 396 g/mol. The number of benzene rings is 1. The van der Waals surface area contributed by atoms with E-state index in [-0.39, 0.29) is 0 Å². The SMILES string of the molecule is CCCC(CC(=O)CC)c1cccc(OC)c1.C\C=C/C(=C\C=C\CC)c1cc(C)[nH]n1. The molecule has 0 bridgehead atoms. The third kappa shape index (κ3) is 9.95. The van der Waals surface area contributed by atoms with Gasteiger partial charge in [0.05, 0.1) is 12.8 Å². The largest absolute Gasteiger partial charge is 0.497 e. The summed E-state index contributed by atoms with van der Waals surface area (Å²) in [5, 5.41) is 7.18. The Hall–Kier alpha value is -2.88. The van der Waals surface area contributed by atoms with Crippen LogP contribution in [0.25, 0.3) is 5.57 Å². The second kappa shape index (κ2) is 15.9. The van der Waals surface area contributed by atoms with Gasteiger partial charge in [0.2, 0.25) is 0 Å². The maximum absolute atomic E-state index is 11.6. The van der Waals surface area contributed by atoms with Crippen LogP contribution in [0.4, 0.5) is 0 Å². The average molecular weight is 437 g/mol. The first kappa shape index (κ1) is 27.2. The lowest BCUT2D eigenvalue weighted by Crippen LogP contribution is -2.06. The molecule has 1 N–H and O–H groups in total. The van der Waals surface area contributed by atoms with Crippen molar-refractivity contribution in [2.24, 2.45) is 0 Å². The molecule has 4 heteroatoms. The molecular formula is C28H40N2O2. The van der Waals surface area contributed by atoms with Gasteiger partial charge in [0.15, 0.2) is 0 Å². The highest BCUT2D eigenvalue weighted by Crippen LogP contribution is 2.28. The Morgan fingerprint density at radius 1 is 1.22 bits per heavy atom. The van der Waals surface area contributed by atoms with Crippen LogP contribution in [0.1, 0.15) is 82.7 Å². The van der Waals surface area contributed by atoms with Gasteiger partial charge in [-0.3, -0.25) is 9.89 Å². The van der Waals surface area contributed by atoms with Crippen molar-refractivity contribution in [2.75, 3.05) is 7.11 Å². The van der Waals surface area contributed by atoms with Crippen LogP contribution in [0, 0.1) is 6.92 Å². The molecule has 0 saturated carbocycles. The lowest BCUT2D eigenvalue weighted by molar-refractivity contribution is -0.119. The van der Waals surface area contributed by atoms with Gasteiger partial charge in [-0.05, 0) is 56.4 Å². The summed E-state index contributed by atoms with van der Waals surface area (Å²) in [4.78, 5) is 11.6. The number of nitrogens with one attached hydrogen (secondary N) is 1. The molecule has 1 heterocycles. The van der Waals surface area contributed by atoms with Crippen LogP contribution in [0.15, 0.2) is 60.7 Å². The molecule has 0 amide bonds. The van der Waals surface area contributed by atoms with Crippen LogP contribution in [0.3, 0.4) is 0 Å². The first-order valence-corrected chi connectivity index (χ1v) is 11.7. The number of aromatic amines is 1. The summed E-state index contributed by atoms with van der Waals surface area (Å²) in [6.07, 6.45) is 14.9. The van der Waals surface area contributed by atoms with E-state index in [9.17, 15) is 4.79 Å². The van der Waals surface area contributed by atoms with Crippen molar-refractivity contribution in [3.63, 3.8) is 0 Å². The molecule has 32 heavy (non-hydrogen) atoms. The molecule has 1 atom stereocenters. The molecule has 1 aromatic carbocycles. The maximum Gasteiger partial charge on any atom is 0.133 e. The molecule has 2 aromatic rings. The Morgan fingerprint density at radius 3 is 2.56 bits per heavy atom. The minimum atomic E-state index is 0.336. The number of Topliss-reactive ketones (excluding diaryl/α,β-unsaturated/α-hetero) is 1. The fourth-order valence-electron chi connectivity index (χ4n) is 3.33. The molecule has 2 rings (SSSR count). The fourth-order valence-corrected chi connectivity index (χ4v) is 3.33. The van der Waals surface area contributed by atoms with Crippen molar-refractivity contribution in [1.29, 1.82) is 0 Å². The minimum absolute atomic E-state index is 0.336. The normalized spacial score (nSPS) is 12.6. The zero-order valence-corrected chi connectivity index (χ0v) is 20.7. The van der Waals surface area contributed by atoms with Crippen molar-refractivity contribution in [2.45, 2.75) is 72.6 Å². The van der Waals surface area contributed by atoms with E-state index in [1.807, 2.05) is 51.1 Å². The van der Waals surface area contributed by atoms with Gasteiger partial charge >= 0.3 is 0 Å². The predicted octanol–water partition coefficient (Wildman–Crippen LogP) is 7.59. The molecule has 1 unspecified atom stereocenters. The van der Waals surface area contributed by atoms with Gasteiger partial charge in [-0.25, -0.2) is 0 Å². The number of ether oxygens (including phenoxy) is 1. The molecule has 174 valence electrons. The predicted molar refractivity (Wildman–Crippen MR) is 136 cm³/mol. The van der Waals surface area contributed by atoms with Crippen molar-refractivity contribution in [1.82, 2.24) is 10.2 Å². The Labute approximate surface area is 194 Å². The molecule has 0 radical (unpaired) electrons. The van der Waals surface area contributed by atoms with Crippen LogP contribution >= 0.6 is 0 Å². The zero-order valence-electron chi connectivity index (χ0n) is 20.7. The van der Waals surface area contributed by atoms with Crippen LogP contribution in [0.2, 0.25) is 0 Å². The number of methoxy groups -OCH3 is 1. The Balaban J connectivity index is 0.000000323. The highest BCUT2D eigenvalue weighted by atomic mass is 16.5. The van der Waals surface area contributed by atoms with E-state index in [1.54, 1.807) is 7.11 Å². The monoisotopic (exact) mass is 436 g/mol. The summed E-state index contributed by atoms with van der Waals surface area (Å²) < 4.78 is 5.23. The smallest absolute Gasteiger partial charge is 0.133 e. The molecule has 0 spiro atoms. The Kier molecular flexibility index (Phi) is 13.5. The molecule has 1 aromatic heterocycles. The van der Waals surface area contributed by atoms with Gasteiger partial charge in [-0.2, -0.15) is 5.10 Å². The van der Waals surface area contributed by atoms with E-state index in [0.717, 1.165) is 42.0 Å². The number of H-pyrrole nitrogens is 1. The number of hydrogen-bond acceptors (Lipinski definition) is 3. The molecule has 0 aliphatic rings. The number of aryl methyl sites for hydroxylation is 1. The highest BCUT2D eigenvalue weighted by Gasteiger charge is 2.14. The molecule has 0 fully saturated rings. The number of aromatic nitrogens is 2. The third-order valence-corrected chi connectivity index (χ3v) is 5.07. The van der Waals surface area contributed by atoms with E-state index in [2.05, 4.69) is 54.4 Å². The van der Waals surface area contributed by atoms with Crippen LogP contribution < -0.4 is 4.74 Å². The van der Waals surface area contributed by atoms with E-state index in [0.29, 0.717) is 24.5 Å². The van der Waals surface area contributed by atoms with E-state index in [4.69, 9.17) is 4.74 Å². The first-order chi connectivity index (χ1) is 15.5. The second-order valence-electron chi connectivity index (χ2n) is 7.75. The van der Waals surface area contributed by atoms with Crippen LogP contribution in [-0.2, 0) is 4.79 Å². The summed E-state index contributed by atoms with van der Waals surface area (Å²) in [6.45, 7) is 10.2. The lowest BCUT2D eigenvalue weighted by atomic mass is 9.89. The highest BCUT2D eigenvalue weighted by molar-refractivity contribution is 5.79. The number of ketones is 1. The fraction of sp³-hybridized carbons (Fsp3) is 0.429. The number of carbonyl (C=O) groups excluding carboxylic acids is 1. The Morgan fingerprint density at radius 2 is 2.00 bits per heavy atom. The molecule has 0 aliphatic heterocycles. The summed E-state index contributed by atoms with van der Waals surface area (Å²) in [6, 6.07) is 10.1. The lowest BCUT2D eigenvalue weighted by Gasteiger charge is -2.16. The Bertz CT molecular complexity index is 890. The van der Waals surface area contributed by atoms with Gasteiger partial charge in [-0.15, -0.1) is 0 Å². The topological polar surface area (TPSA) is 55.0 Å².